The predicted octanol–water partition coefficient (Wildman–Crippen LogP) is 0.0401. The molecular weight excluding hydrogens is 176 g/mol. The molecule has 70 valence electrons. The van der Waals surface area contributed by atoms with E-state index < -0.39 is 0 Å². The summed E-state index contributed by atoms with van der Waals surface area (Å²) in [6.45, 7) is 4.88. The lowest BCUT2D eigenvalue weighted by molar-refractivity contribution is -0.107. The molecule has 1 atom stereocenters. The highest BCUT2D eigenvalue weighted by atomic mass is 35.5. The van der Waals surface area contributed by atoms with Crippen LogP contribution in [-0.2, 0) is 4.79 Å². The highest BCUT2D eigenvalue weighted by Gasteiger charge is 2.16. The number of alkyl halides is 1. The Hall–Kier alpha value is -0.120. The van der Waals surface area contributed by atoms with Crippen molar-refractivity contribution in [3.63, 3.8) is 0 Å². The number of hydrogen-bond acceptors (Lipinski definition) is 3. The first-order valence-electron chi connectivity index (χ1n) is 4.22. The maximum Gasteiger partial charge on any atom is 0.139 e. The van der Waals surface area contributed by atoms with E-state index in [1.807, 2.05) is 0 Å². The molecule has 0 N–H and O–H groups in total. The molecule has 0 spiro atoms. The Kier molecular flexibility index (Phi) is 3.98. The van der Waals surface area contributed by atoms with Crippen molar-refractivity contribution in [1.29, 1.82) is 0 Å². The second-order valence-corrected chi connectivity index (χ2v) is 3.82. The van der Waals surface area contributed by atoms with E-state index in [1.165, 1.54) is 0 Å². The van der Waals surface area contributed by atoms with E-state index in [2.05, 4.69) is 16.8 Å². The second kappa shape index (κ2) is 4.80. The van der Waals surface area contributed by atoms with Crippen molar-refractivity contribution in [3.8, 4) is 0 Å². The van der Waals surface area contributed by atoms with Gasteiger partial charge < -0.3 is 9.69 Å². The van der Waals surface area contributed by atoms with E-state index in [-0.39, 0.29) is 5.38 Å². The summed E-state index contributed by atoms with van der Waals surface area (Å²) in [7, 11) is 2.11. The normalized spacial score (nSPS) is 23.8. The summed E-state index contributed by atoms with van der Waals surface area (Å²) < 4.78 is 0. The Morgan fingerprint density at radius 3 is 2.50 bits per heavy atom. The van der Waals surface area contributed by atoms with Gasteiger partial charge in [-0.2, -0.15) is 0 Å². The number of halogens is 1. The van der Waals surface area contributed by atoms with Gasteiger partial charge in [-0.15, -0.1) is 11.6 Å². The number of carbonyl (C=O) groups is 1. The molecule has 1 fully saturated rings. The molecule has 1 unspecified atom stereocenters. The van der Waals surface area contributed by atoms with Crippen LogP contribution in [0, 0.1) is 0 Å². The maximum absolute atomic E-state index is 10.3. The van der Waals surface area contributed by atoms with Crippen LogP contribution in [0.2, 0.25) is 0 Å². The highest BCUT2D eigenvalue weighted by molar-refractivity contribution is 6.27. The van der Waals surface area contributed by atoms with Crippen LogP contribution in [-0.4, -0.2) is 61.2 Å². The second-order valence-electron chi connectivity index (χ2n) is 3.26. The van der Waals surface area contributed by atoms with Crippen molar-refractivity contribution in [3.05, 3.63) is 0 Å². The SMILES string of the molecule is CN1CCN(CC(Cl)C=O)CC1. The molecule has 0 amide bonds. The molecule has 1 rings (SSSR count). The fourth-order valence-corrected chi connectivity index (χ4v) is 1.52. The monoisotopic (exact) mass is 190 g/mol. The zero-order valence-corrected chi connectivity index (χ0v) is 8.13. The summed E-state index contributed by atoms with van der Waals surface area (Å²) in [5, 5.41) is -0.339. The van der Waals surface area contributed by atoms with E-state index in [9.17, 15) is 4.79 Å². The Morgan fingerprint density at radius 2 is 2.00 bits per heavy atom. The van der Waals surface area contributed by atoms with Gasteiger partial charge in [0, 0.05) is 32.7 Å². The summed E-state index contributed by atoms with van der Waals surface area (Å²) in [6, 6.07) is 0. The van der Waals surface area contributed by atoms with Crippen molar-refractivity contribution in [2.75, 3.05) is 39.8 Å². The van der Waals surface area contributed by atoms with Crippen molar-refractivity contribution < 1.29 is 4.79 Å². The van der Waals surface area contributed by atoms with Gasteiger partial charge in [-0.25, -0.2) is 0 Å². The highest BCUT2D eigenvalue weighted by Crippen LogP contribution is 2.02. The van der Waals surface area contributed by atoms with Gasteiger partial charge in [0.15, 0.2) is 0 Å². The van der Waals surface area contributed by atoms with Gasteiger partial charge in [-0.1, -0.05) is 0 Å². The smallest absolute Gasteiger partial charge is 0.139 e. The van der Waals surface area contributed by atoms with Crippen LogP contribution in [0.4, 0.5) is 0 Å². The largest absolute Gasteiger partial charge is 0.304 e. The van der Waals surface area contributed by atoms with Crippen LogP contribution in [0.15, 0.2) is 0 Å². The van der Waals surface area contributed by atoms with E-state index in [0.29, 0.717) is 6.54 Å². The first-order chi connectivity index (χ1) is 5.72. The third kappa shape index (κ3) is 3.09. The molecule has 12 heavy (non-hydrogen) atoms. The van der Waals surface area contributed by atoms with Crippen LogP contribution in [0.1, 0.15) is 0 Å². The summed E-state index contributed by atoms with van der Waals surface area (Å²) >= 11 is 5.71. The standard InChI is InChI=1S/C8H15ClN2O/c1-10-2-4-11(5-3-10)6-8(9)7-12/h7-8H,2-6H2,1H3. The average molecular weight is 191 g/mol. The van der Waals surface area contributed by atoms with E-state index in [4.69, 9.17) is 11.6 Å². The maximum atomic E-state index is 10.3. The molecule has 0 radical (unpaired) electrons. The van der Waals surface area contributed by atoms with Crippen LogP contribution >= 0.6 is 11.6 Å². The van der Waals surface area contributed by atoms with Crippen LogP contribution in [0.25, 0.3) is 0 Å². The lowest BCUT2D eigenvalue weighted by atomic mass is 10.3. The Labute approximate surface area is 78.3 Å². The first kappa shape index (κ1) is 9.96. The summed E-state index contributed by atoms with van der Waals surface area (Å²) in [5.41, 5.74) is 0. The van der Waals surface area contributed by atoms with Crippen molar-refractivity contribution in [1.82, 2.24) is 9.80 Å². The summed E-state index contributed by atoms with van der Waals surface area (Å²) in [6.07, 6.45) is 0.805. The predicted molar refractivity (Wildman–Crippen MR) is 49.6 cm³/mol. The average Bonchev–Trinajstić information content (AvgIpc) is 2.09. The quantitative estimate of drug-likeness (QED) is 0.464. The number of likely N-dealkylation sites (N-methyl/N-ethyl adjacent to an activating group) is 1. The summed E-state index contributed by atoms with van der Waals surface area (Å²) in [4.78, 5) is 14.8. The first-order valence-corrected chi connectivity index (χ1v) is 4.66. The molecule has 1 heterocycles. The topological polar surface area (TPSA) is 23.6 Å². The molecule has 1 aliphatic rings. The van der Waals surface area contributed by atoms with Crippen LogP contribution < -0.4 is 0 Å². The number of carbonyl (C=O) groups excluding carboxylic acids is 1. The third-order valence-corrected chi connectivity index (χ3v) is 2.42. The molecule has 0 aromatic rings. The summed E-state index contributed by atoms with van der Waals surface area (Å²) in [5.74, 6) is 0. The van der Waals surface area contributed by atoms with Gasteiger partial charge in [0.1, 0.15) is 11.7 Å². The Morgan fingerprint density at radius 1 is 1.42 bits per heavy atom. The molecule has 0 aliphatic carbocycles. The lowest BCUT2D eigenvalue weighted by Gasteiger charge is -2.32. The molecule has 1 aliphatic heterocycles. The molecule has 4 heteroatoms. The molecular formula is C8H15ClN2O. The van der Waals surface area contributed by atoms with Crippen molar-refractivity contribution in [2.24, 2.45) is 0 Å². The van der Waals surface area contributed by atoms with Gasteiger partial charge in [0.05, 0.1) is 0 Å². The molecule has 0 aromatic carbocycles. The number of piperazine rings is 1. The lowest BCUT2D eigenvalue weighted by Crippen LogP contribution is -2.46. The minimum absolute atomic E-state index is 0.339. The number of rotatable bonds is 3. The Bertz CT molecular complexity index is 146. The minimum atomic E-state index is -0.339. The third-order valence-electron chi connectivity index (χ3n) is 2.18. The molecule has 0 bridgehead atoms. The van der Waals surface area contributed by atoms with Gasteiger partial charge >= 0.3 is 0 Å². The van der Waals surface area contributed by atoms with Crippen LogP contribution in [0.3, 0.4) is 0 Å². The zero-order chi connectivity index (χ0) is 8.97. The van der Waals surface area contributed by atoms with Crippen molar-refractivity contribution in [2.45, 2.75) is 5.38 Å². The van der Waals surface area contributed by atoms with Crippen LogP contribution in [0.5, 0.6) is 0 Å². The van der Waals surface area contributed by atoms with Gasteiger partial charge in [-0.3, -0.25) is 4.90 Å². The van der Waals surface area contributed by atoms with Crippen molar-refractivity contribution >= 4 is 17.9 Å². The Balaban J connectivity index is 2.21. The number of hydrogen-bond donors (Lipinski definition) is 0. The fraction of sp³-hybridized carbons (Fsp3) is 0.875. The molecule has 0 aromatic heterocycles. The van der Waals surface area contributed by atoms with E-state index >= 15 is 0 Å². The number of nitrogens with zero attached hydrogens (tertiary/aromatic N) is 2. The van der Waals surface area contributed by atoms with E-state index in [0.717, 1.165) is 32.5 Å². The van der Waals surface area contributed by atoms with Gasteiger partial charge in [0.25, 0.3) is 0 Å². The minimum Gasteiger partial charge on any atom is -0.304 e. The fourth-order valence-electron chi connectivity index (χ4n) is 1.32. The van der Waals surface area contributed by atoms with E-state index in [1.54, 1.807) is 0 Å². The molecule has 3 nitrogen and oxygen atoms in total. The zero-order valence-electron chi connectivity index (χ0n) is 7.37. The van der Waals surface area contributed by atoms with Gasteiger partial charge in [-0.05, 0) is 7.05 Å². The number of aldehydes is 1. The molecule has 1 saturated heterocycles. The molecule has 0 saturated carbocycles. The van der Waals surface area contributed by atoms with Gasteiger partial charge in [0.2, 0.25) is 0 Å².